The zero-order valence-electron chi connectivity index (χ0n) is 51.4. The summed E-state index contributed by atoms with van der Waals surface area (Å²) in [5, 5.41) is 12.6. The Morgan fingerprint density at radius 3 is 1.22 bits per heavy atom. The van der Waals surface area contributed by atoms with Gasteiger partial charge in [-0.15, -0.1) is 11.3 Å². The number of fused-ring (bicyclic) bond motifs is 9. The molecule has 0 bridgehead atoms. The minimum atomic E-state index is -3.34. The van der Waals surface area contributed by atoms with E-state index in [2.05, 4.69) is 373 Å². The first-order valence-electron chi connectivity index (χ1n) is 32.4. The van der Waals surface area contributed by atoms with Gasteiger partial charge in [0.15, 0.2) is 8.07 Å². The molecule has 3 aromatic heterocycles. The lowest BCUT2D eigenvalue weighted by atomic mass is 9.92. The molecule has 0 aliphatic heterocycles. The topological polar surface area (TPSA) is 9.86 Å². The summed E-state index contributed by atoms with van der Waals surface area (Å²) in [7, 11) is -3.34. The highest BCUT2D eigenvalue weighted by molar-refractivity contribution is 7.26. The molecule has 2 nitrogen and oxygen atoms in total. The first kappa shape index (κ1) is 55.2. The zero-order valence-corrected chi connectivity index (χ0v) is 53.3. The lowest BCUT2D eigenvalue weighted by molar-refractivity contribution is 1.17. The van der Waals surface area contributed by atoms with Gasteiger partial charge in [-0.05, 0) is 108 Å². The van der Waals surface area contributed by atoms with Crippen LogP contribution in [0.4, 0.5) is 0 Å². The first-order valence-corrected chi connectivity index (χ1v) is 35.2. The van der Waals surface area contributed by atoms with Gasteiger partial charge in [0.2, 0.25) is 0 Å². The van der Waals surface area contributed by atoms with E-state index in [4.69, 9.17) is 0 Å². The van der Waals surface area contributed by atoms with Gasteiger partial charge in [0.05, 0.1) is 27.8 Å². The standard InChI is InChI=1S/C90H60N2SSi/c1-7-29-61(30-8-1)65-55-66(62-31-9-2-10-32-62)57-70(56-65)94(68-37-15-5-16-38-68,69-39-17-6-18-40-69)71-59-81(63-33-11-3-12-34-63)89(82(60-71)64-35-13-4-14-36-64)92-85-51-25-22-44-75(85)83-58-67(53-54-86(83)92)91-84-50-24-21-43-74(84)78-47-27-46-77(88(78)91)72-41-19-20-42-73(72)79-48-28-49-80-76-45-23-26-52-87(76)93-90(79)80/h1-60H. The van der Waals surface area contributed by atoms with Gasteiger partial charge >= 0.3 is 0 Å². The van der Waals surface area contributed by atoms with Gasteiger partial charge in [-0.25, -0.2) is 0 Å². The Hall–Kier alpha value is -11.7. The summed E-state index contributed by atoms with van der Waals surface area (Å²) in [5.74, 6) is 0. The van der Waals surface area contributed by atoms with Gasteiger partial charge < -0.3 is 9.13 Å². The maximum atomic E-state index is 2.59. The quantitative estimate of drug-likeness (QED) is 0.0852. The van der Waals surface area contributed by atoms with Crippen LogP contribution in [0.2, 0.25) is 0 Å². The summed E-state index contributed by atoms with van der Waals surface area (Å²) in [4.78, 5) is 0. The van der Waals surface area contributed by atoms with Crippen LogP contribution in [0.25, 0.3) is 142 Å². The van der Waals surface area contributed by atoms with Gasteiger partial charge in [-0.2, -0.15) is 0 Å². The molecule has 94 heavy (non-hydrogen) atoms. The summed E-state index contributed by atoms with van der Waals surface area (Å²) in [6.07, 6.45) is 0. The highest BCUT2D eigenvalue weighted by atomic mass is 32.1. The molecule has 3 heterocycles. The number of hydrogen-bond donors (Lipinski definition) is 0. The van der Waals surface area contributed by atoms with Crippen LogP contribution in [0.5, 0.6) is 0 Å². The molecule has 0 fully saturated rings. The summed E-state index contributed by atoms with van der Waals surface area (Å²) in [6.45, 7) is 0. The Morgan fingerprint density at radius 1 is 0.223 bits per heavy atom. The molecule has 0 N–H and O–H groups in total. The molecule has 0 aliphatic rings. The third-order valence-electron chi connectivity index (χ3n) is 19.5. The monoisotopic (exact) mass is 1230 g/mol. The molecule has 0 aliphatic carbocycles. The molecule has 0 saturated carbocycles. The van der Waals surface area contributed by atoms with Crippen molar-refractivity contribution in [3.8, 4) is 78.1 Å². The van der Waals surface area contributed by atoms with E-state index >= 15 is 0 Å². The lowest BCUT2D eigenvalue weighted by Gasteiger charge is -2.36. The average molecular weight is 1230 g/mol. The minimum absolute atomic E-state index is 1.11. The normalized spacial score (nSPS) is 11.8. The Labute approximate surface area is 551 Å². The van der Waals surface area contributed by atoms with Crippen molar-refractivity contribution >= 4 is 104 Å². The van der Waals surface area contributed by atoms with Crippen LogP contribution < -0.4 is 20.7 Å². The van der Waals surface area contributed by atoms with Crippen LogP contribution >= 0.6 is 11.3 Å². The molecule has 0 amide bonds. The Balaban J connectivity index is 0.912. The summed E-state index contributed by atoms with van der Waals surface area (Å²) < 4.78 is 7.74. The van der Waals surface area contributed by atoms with E-state index < -0.39 is 8.07 Å². The molecule has 0 saturated heterocycles. The predicted octanol–water partition coefficient (Wildman–Crippen LogP) is 21.6. The van der Waals surface area contributed by atoms with Gasteiger partial charge in [0, 0.05) is 69.7 Å². The van der Waals surface area contributed by atoms with Gasteiger partial charge in [-0.3, -0.25) is 0 Å². The highest BCUT2D eigenvalue weighted by Gasteiger charge is 2.43. The van der Waals surface area contributed by atoms with Gasteiger partial charge in [0.25, 0.3) is 0 Å². The van der Waals surface area contributed by atoms with Crippen LogP contribution in [0.3, 0.4) is 0 Å². The number of aromatic nitrogens is 2. The first-order chi connectivity index (χ1) is 46.7. The number of nitrogens with zero attached hydrogens (tertiary/aromatic N) is 2. The molecule has 0 spiro atoms. The van der Waals surface area contributed by atoms with E-state index in [1.165, 1.54) is 118 Å². The van der Waals surface area contributed by atoms with Crippen molar-refractivity contribution in [2.75, 3.05) is 0 Å². The Morgan fingerprint density at radius 2 is 0.638 bits per heavy atom. The van der Waals surface area contributed by atoms with E-state index in [9.17, 15) is 0 Å². The van der Waals surface area contributed by atoms with Crippen LogP contribution in [-0.2, 0) is 0 Å². The smallest absolute Gasteiger partial charge is 0.179 e. The van der Waals surface area contributed by atoms with Crippen molar-refractivity contribution in [1.29, 1.82) is 0 Å². The van der Waals surface area contributed by atoms with Crippen LogP contribution in [0.15, 0.2) is 364 Å². The van der Waals surface area contributed by atoms with Gasteiger partial charge in [0.1, 0.15) is 0 Å². The number of rotatable bonds is 12. The van der Waals surface area contributed by atoms with Crippen molar-refractivity contribution in [3.63, 3.8) is 0 Å². The molecule has 18 aromatic rings. The fourth-order valence-electron chi connectivity index (χ4n) is 15.3. The fraction of sp³-hybridized carbons (Fsp3) is 0. The third kappa shape index (κ3) is 8.98. The van der Waals surface area contributed by atoms with Crippen LogP contribution in [-0.4, -0.2) is 17.2 Å². The SMILES string of the molecule is c1ccc(-c2cc(-c3ccccc3)cc([Si](c3ccccc3)(c3ccccc3)c3cc(-c4ccccc4)c(-n4c5ccccc5c5cc(-n6c7ccccc7c7cccc(-c8ccccc8-c8cccc9c8sc8ccccc89)c76)ccc54)c(-c4ccccc4)c3)c2)cc1. The molecular weight excluding hydrogens is 1170 g/mol. The molecule has 0 radical (unpaired) electrons. The molecule has 15 aromatic carbocycles. The maximum absolute atomic E-state index is 3.34. The van der Waals surface area contributed by atoms with Crippen LogP contribution in [0, 0.1) is 0 Å². The van der Waals surface area contributed by atoms with Crippen molar-refractivity contribution in [3.05, 3.63) is 364 Å². The highest BCUT2D eigenvalue weighted by Crippen LogP contribution is 2.47. The Kier molecular flexibility index (Phi) is 13.5. The molecule has 0 unspecified atom stereocenters. The number of thiophene rings is 1. The summed E-state index contributed by atoms with van der Waals surface area (Å²) in [5.41, 5.74) is 21.1. The Bertz CT molecular complexity index is 5730. The minimum Gasteiger partial charge on any atom is -0.309 e. The predicted molar refractivity (Wildman–Crippen MR) is 404 cm³/mol. The summed E-state index contributed by atoms with van der Waals surface area (Å²) in [6, 6.07) is 136. The maximum Gasteiger partial charge on any atom is 0.179 e. The van der Waals surface area contributed by atoms with Crippen molar-refractivity contribution in [1.82, 2.24) is 9.13 Å². The van der Waals surface area contributed by atoms with Crippen molar-refractivity contribution < 1.29 is 0 Å². The van der Waals surface area contributed by atoms with E-state index in [-0.39, 0.29) is 0 Å². The second-order valence-corrected chi connectivity index (χ2v) is 29.5. The van der Waals surface area contributed by atoms with E-state index in [0.29, 0.717) is 0 Å². The molecule has 18 rings (SSSR count). The molecule has 440 valence electrons. The van der Waals surface area contributed by atoms with E-state index in [0.717, 1.165) is 44.7 Å². The number of benzene rings is 15. The second kappa shape index (κ2) is 22.9. The van der Waals surface area contributed by atoms with E-state index in [1.54, 1.807) is 0 Å². The molecular formula is C90H60N2SSi. The molecule has 4 heteroatoms. The average Bonchev–Trinajstić information content (AvgIpc) is 1.71. The largest absolute Gasteiger partial charge is 0.309 e. The summed E-state index contributed by atoms with van der Waals surface area (Å²) >= 11 is 1.89. The fourth-order valence-corrected chi connectivity index (χ4v) is 21.4. The van der Waals surface area contributed by atoms with Crippen molar-refractivity contribution in [2.24, 2.45) is 0 Å². The zero-order chi connectivity index (χ0) is 62.1. The molecule has 0 atom stereocenters. The lowest BCUT2D eigenvalue weighted by Crippen LogP contribution is -2.74. The van der Waals surface area contributed by atoms with E-state index in [1.807, 2.05) is 11.3 Å². The second-order valence-electron chi connectivity index (χ2n) is 24.6. The van der Waals surface area contributed by atoms with Crippen LogP contribution in [0.1, 0.15) is 0 Å². The number of para-hydroxylation sites is 3. The number of hydrogen-bond acceptors (Lipinski definition) is 1. The third-order valence-corrected chi connectivity index (χ3v) is 25.4. The van der Waals surface area contributed by atoms with Crippen molar-refractivity contribution in [2.45, 2.75) is 0 Å². The van der Waals surface area contributed by atoms with Gasteiger partial charge in [-0.1, -0.05) is 322 Å².